The third-order valence-electron chi connectivity index (χ3n) is 0.979. The molecule has 0 spiro atoms. The van der Waals surface area contributed by atoms with Gasteiger partial charge in [0.15, 0.2) is 0 Å². The van der Waals surface area contributed by atoms with Gasteiger partial charge in [0.05, 0.1) is 18.8 Å². The summed E-state index contributed by atoms with van der Waals surface area (Å²) in [5.74, 6) is 0. The van der Waals surface area contributed by atoms with Crippen molar-refractivity contribution in [2.24, 2.45) is 5.73 Å². The first-order chi connectivity index (χ1) is 3.68. The van der Waals surface area contributed by atoms with Crippen molar-refractivity contribution in [1.82, 2.24) is 0 Å². The molecule has 3 nitrogen and oxygen atoms in total. The van der Waals surface area contributed by atoms with Crippen LogP contribution in [0.5, 0.6) is 0 Å². The van der Waals surface area contributed by atoms with Crippen molar-refractivity contribution in [3.8, 4) is 0 Å². The maximum Gasteiger partial charge on any atom is 0.0685 e. The van der Waals surface area contributed by atoms with E-state index in [1.807, 2.05) is 0 Å². The van der Waals surface area contributed by atoms with Gasteiger partial charge in [-0.2, -0.15) is 0 Å². The summed E-state index contributed by atoms with van der Waals surface area (Å²) in [5.41, 5.74) is 5.35. The van der Waals surface area contributed by atoms with E-state index < -0.39 is 6.10 Å². The molecule has 0 aliphatic carbocycles. The molecule has 0 saturated carbocycles. The number of rotatable bonds is 3. The first-order valence-corrected chi connectivity index (χ1v) is 2.61. The maximum absolute atomic E-state index is 8.75. The zero-order chi connectivity index (χ0) is 6.57. The summed E-state index contributed by atoms with van der Waals surface area (Å²) >= 11 is 0. The number of methoxy groups -OCH3 is 1. The van der Waals surface area contributed by atoms with E-state index in [9.17, 15) is 0 Å². The van der Waals surface area contributed by atoms with Gasteiger partial charge in [0.2, 0.25) is 0 Å². The van der Waals surface area contributed by atoms with E-state index in [-0.39, 0.29) is 6.04 Å². The van der Waals surface area contributed by atoms with Gasteiger partial charge in [0.25, 0.3) is 0 Å². The average Bonchev–Trinajstić information content (AvgIpc) is 1.67. The van der Waals surface area contributed by atoms with Crippen molar-refractivity contribution < 1.29 is 9.84 Å². The van der Waals surface area contributed by atoms with Crippen LogP contribution in [0, 0.1) is 0 Å². The van der Waals surface area contributed by atoms with Crippen molar-refractivity contribution in [1.29, 1.82) is 0 Å². The van der Waals surface area contributed by atoms with Crippen LogP contribution >= 0.6 is 0 Å². The summed E-state index contributed by atoms with van der Waals surface area (Å²) in [6.45, 7) is 2.06. The molecule has 0 saturated heterocycles. The molecule has 0 heterocycles. The Morgan fingerprint density at radius 1 is 1.75 bits per heavy atom. The fourth-order valence-corrected chi connectivity index (χ4v) is 0.332. The Morgan fingerprint density at radius 2 is 2.25 bits per heavy atom. The molecule has 0 aliphatic heterocycles. The summed E-state index contributed by atoms with van der Waals surface area (Å²) in [7, 11) is 1.56. The topological polar surface area (TPSA) is 55.5 Å². The molecule has 0 radical (unpaired) electrons. The molecule has 0 aromatic carbocycles. The van der Waals surface area contributed by atoms with Crippen molar-refractivity contribution >= 4 is 0 Å². The van der Waals surface area contributed by atoms with E-state index in [2.05, 4.69) is 4.74 Å². The van der Waals surface area contributed by atoms with Crippen LogP contribution in [-0.4, -0.2) is 31.0 Å². The predicted molar refractivity (Wildman–Crippen MR) is 31.5 cm³/mol. The molecule has 3 heteroatoms. The SMILES string of the molecule is COC[C@@H](N)C(C)O. The number of aliphatic hydroxyl groups is 1. The normalized spacial score (nSPS) is 18.0. The molecule has 0 aromatic rings. The highest BCUT2D eigenvalue weighted by Crippen LogP contribution is 1.86. The second kappa shape index (κ2) is 3.83. The molecule has 0 amide bonds. The van der Waals surface area contributed by atoms with Gasteiger partial charge in [-0.25, -0.2) is 0 Å². The molecular weight excluding hydrogens is 106 g/mol. The van der Waals surface area contributed by atoms with Crippen molar-refractivity contribution in [2.75, 3.05) is 13.7 Å². The lowest BCUT2D eigenvalue weighted by Gasteiger charge is -2.11. The zero-order valence-electron chi connectivity index (χ0n) is 5.29. The quantitative estimate of drug-likeness (QED) is 0.518. The Bertz CT molecular complexity index is 56.4. The molecule has 0 rings (SSSR count). The van der Waals surface area contributed by atoms with Crippen LogP contribution in [0.2, 0.25) is 0 Å². The highest BCUT2D eigenvalue weighted by Gasteiger charge is 2.06. The summed E-state index contributed by atoms with van der Waals surface area (Å²) in [6, 6.07) is -0.250. The lowest BCUT2D eigenvalue weighted by Crippen LogP contribution is -2.36. The van der Waals surface area contributed by atoms with Crippen LogP contribution < -0.4 is 5.73 Å². The van der Waals surface area contributed by atoms with Gasteiger partial charge < -0.3 is 15.6 Å². The molecule has 1 unspecified atom stereocenters. The summed E-state index contributed by atoms with van der Waals surface area (Å²) < 4.78 is 4.68. The van der Waals surface area contributed by atoms with E-state index in [1.165, 1.54) is 0 Å². The molecule has 3 N–H and O–H groups in total. The third kappa shape index (κ3) is 2.96. The predicted octanol–water partition coefficient (Wildman–Crippen LogP) is -0.659. The van der Waals surface area contributed by atoms with Crippen molar-refractivity contribution in [2.45, 2.75) is 19.1 Å². The first-order valence-electron chi connectivity index (χ1n) is 2.61. The molecule has 50 valence electrons. The number of aliphatic hydroxyl groups excluding tert-OH is 1. The third-order valence-corrected chi connectivity index (χ3v) is 0.979. The van der Waals surface area contributed by atoms with Crippen LogP contribution in [0.3, 0.4) is 0 Å². The van der Waals surface area contributed by atoms with E-state index >= 15 is 0 Å². The molecule has 2 atom stereocenters. The van der Waals surface area contributed by atoms with Crippen LogP contribution in [0.15, 0.2) is 0 Å². The molecule has 0 aliphatic rings. The summed E-state index contributed by atoms with van der Waals surface area (Å²) in [4.78, 5) is 0. The lowest BCUT2D eigenvalue weighted by atomic mass is 10.2. The Morgan fingerprint density at radius 3 is 2.38 bits per heavy atom. The second-order valence-corrected chi connectivity index (χ2v) is 1.86. The van der Waals surface area contributed by atoms with Gasteiger partial charge in [-0.1, -0.05) is 0 Å². The van der Waals surface area contributed by atoms with E-state index in [0.717, 1.165) is 0 Å². The van der Waals surface area contributed by atoms with Gasteiger partial charge in [-0.05, 0) is 6.92 Å². The minimum absolute atomic E-state index is 0.250. The highest BCUT2D eigenvalue weighted by atomic mass is 16.5. The van der Waals surface area contributed by atoms with E-state index in [1.54, 1.807) is 14.0 Å². The highest BCUT2D eigenvalue weighted by molar-refractivity contribution is 4.64. The second-order valence-electron chi connectivity index (χ2n) is 1.86. The molecule has 0 bridgehead atoms. The Hall–Kier alpha value is -0.120. The standard InChI is InChI=1S/C5H13NO2/c1-4(7)5(6)3-8-2/h4-5,7H,3,6H2,1-2H3/t4?,5-/m1/s1. The van der Waals surface area contributed by atoms with Gasteiger partial charge in [0, 0.05) is 7.11 Å². The van der Waals surface area contributed by atoms with Crippen molar-refractivity contribution in [3.63, 3.8) is 0 Å². The number of ether oxygens (including phenoxy) is 1. The molecular formula is C5H13NO2. The number of hydrogen-bond donors (Lipinski definition) is 2. The monoisotopic (exact) mass is 119 g/mol. The van der Waals surface area contributed by atoms with Gasteiger partial charge in [0.1, 0.15) is 0 Å². The molecule has 0 aromatic heterocycles. The van der Waals surface area contributed by atoms with E-state index in [4.69, 9.17) is 10.8 Å². The summed E-state index contributed by atoms with van der Waals surface area (Å²) in [6.07, 6.45) is -0.477. The van der Waals surface area contributed by atoms with Crippen LogP contribution in [-0.2, 0) is 4.74 Å². The Balaban J connectivity index is 3.17. The Kier molecular flexibility index (Phi) is 3.77. The average molecular weight is 119 g/mol. The van der Waals surface area contributed by atoms with Crippen LogP contribution in [0.4, 0.5) is 0 Å². The van der Waals surface area contributed by atoms with Crippen molar-refractivity contribution in [3.05, 3.63) is 0 Å². The largest absolute Gasteiger partial charge is 0.392 e. The minimum atomic E-state index is -0.477. The van der Waals surface area contributed by atoms with Crippen LogP contribution in [0.25, 0.3) is 0 Å². The molecule has 0 fully saturated rings. The number of nitrogens with two attached hydrogens (primary N) is 1. The summed E-state index contributed by atoms with van der Waals surface area (Å²) in [5, 5.41) is 8.75. The fourth-order valence-electron chi connectivity index (χ4n) is 0.332. The fraction of sp³-hybridized carbons (Fsp3) is 1.00. The van der Waals surface area contributed by atoms with Gasteiger partial charge in [-0.3, -0.25) is 0 Å². The maximum atomic E-state index is 8.75. The van der Waals surface area contributed by atoms with Gasteiger partial charge in [-0.15, -0.1) is 0 Å². The zero-order valence-corrected chi connectivity index (χ0v) is 5.29. The van der Waals surface area contributed by atoms with E-state index in [0.29, 0.717) is 6.61 Å². The molecule has 8 heavy (non-hydrogen) atoms. The number of hydrogen-bond acceptors (Lipinski definition) is 3. The van der Waals surface area contributed by atoms with Gasteiger partial charge >= 0.3 is 0 Å². The first kappa shape index (κ1) is 7.88. The minimum Gasteiger partial charge on any atom is -0.392 e. The smallest absolute Gasteiger partial charge is 0.0685 e. The van der Waals surface area contributed by atoms with Crippen LogP contribution in [0.1, 0.15) is 6.92 Å². The Labute approximate surface area is 49.4 Å². The lowest BCUT2D eigenvalue weighted by molar-refractivity contribution is 0.0984.